The summed E-state index contributed by atoms with van der Waals surface area (Å²) in [5, 5.41) is 3.41. The maximum atomic E-state index is 5.62. The number of furan rings is 1. The molecule has 4 heteroatoms. The van der Waals surface area contributed by atoms with Gasteiger partial charge in [0.25, 0.3) is 0 Å². The first-order valence-corrected chi connectivity index (χ1v) is 7.41. The van der Waals surface area contributed by atoms with Gasteiger partial charge in [-0.15, -0.1) is 0 Å². The van der Waals surface area contributed by atoms with Crippen LogP contribution in [0.5, 0.6) is 0 Å². The van der Waals surface area contributed by atoms with Gasteiger partial charge in [0.15, 0.2) is 0 Å². The number of anilines is 1. The highest BCUT2D eigenvalue weighted by Crippen LogP contribution is 2.19. The van der Waals surface area contributed by atoms with Crippen molar-refractivity contribution in [3.8, 4) is 0 Å². The first-order valence-electron chi connectivity index (χ1n) is 7.41. The monoisotopic (exact) mass is 287 g/mol. The number of hydrogen-bond acceptors (Lipinski definition) is 4. The fourth-order valence-corrected chi connectivity index (χ4v) is 2.32. The molecule has 0 fully saturated rings. The quantitative estimate of drug-likeness (QED) is 0.884. The van der Waals surface area contributed by atoms with E-state index in [2.05, 4.69) is 42.0 Å². The lowest BCUT2D eigenvalue weighted by molar-refractivity contribution is 0.481. The number of hydrogen-bond donors (Lipinski definition) is 1. The number of nitrogens with zero attached hydrogens (tertiary/aromatic N) is 2. The smallest absolute Gasteiger partial charge is 0.131 e. The number of pyridine rings is 1. The summed E-state index contributed by atoms with van der Waals surface area (Å²) in [4.78, 5) is 6.72. The van der Waals surface area contributed by atoms with Gasteiger partial charge in [0.2, 0.25) is 0 Å². The molecular weight excluding hydrogens is 262 g/mol. The van der Waals surface area contributed by atoms with Crippen molar-refractivity contribution in [3.05, 3.63) is 47.0 Å². The molecule has 0 amide bonds. The Labute approximate surface area is 127 Å². The van der Waals surface area contributed by atoms with Crippen molar-refractivity contribution >= 4 is 5.82 Å². The van der Waals surface area contributed by atoms with Crippen molar-refractivity contribution in [1.82, 2.24) is 10.3 Å². The lowest BCUT2D eigenvalue weighted by Gasteiger charge is -2.19. The van der Waals surface area contributed by atoms with Crippen LogP contribution in [0.2, 0.25) is 0 Å². The topological polar surface area (TPSA) is 41.3 Å². The molecule has 1 N–H and O–H groups in total. The first-order chi connectivity index (χ1) is 9.95. The summed E-state index contributed by atoms with van der Waals surface area (Å²) in [5.74, 6) is 2.90. The first kappa shape index (κ1) is 15.6. The second-order valence-corrected chi connectivity index (χ2v) is 5.89. The van der Waals surface area contributed by atoms with Gasteiger partial charge < -0.3 is 14.6 Å². The largest absolute Gasteiger partial charge is 0.464 e. The van der Waals surface area contributed by atoms with E-state index in [4.69, 9.17) is 4.42 Å². The van der Waals surface area contributed by atoms with Crippen molar-refractivity contribution in [2.24, 2.45) is 0 Å². The molecule has 2 heterocycles. The molecule has 0 aliphatic rings. The predicted octanol–water partition coefficient (Wildman–Crippen LogP) is 3.43. The third-order valence-corrected chi connectivity index (χ3v) is 3.37. The van der Waals surface area contributed by atoms with Crippen molar-refractivity contribution in [2.75, 3.05) is 11.9 Å². The molecule has 0 unspecified atom stereocenters. The highest BCUT2D eigenvalue weighted by Gasteiger charge is 2.10. The Bertz CT molecular complexity index is 589. The maximum Gasteiger partial charge on any atom is 0.131 e. The molecule has 0 aliphatic carbocycles. The number of aryl methyl sites for hydroxylation is 2. The van der Waals surface area contributed by atoms with Crippen molar-refractivity contribution in [1.29, 1.82) is 0 Å². The van der Waals surface area contributed by atoms with Crippen LogP contribution in [0.15, 0.2) is 28.8 Å². The minimum atomic E-state index is 0.481. The van der Waals surface area contributed by atoms with Gasteiger partial charge in [0.05, 0.1) is 6.54 Å². The molecule has 2 aromatic rings. The maximum absolute atomic E-state index is 5.62. The van der Waals surface area contributed by atoms with Gasteiger partial charge in [-0.05, 0) is 43.2 Å². The van der Waals surface area contributed by atoms with Crippen LogP contribution in [0.3, 0.4) is 0 Å². The normalized spacial score (nSPS) is 11.1. The van der Waals surface area contributed by atoms with E-state index in [9.17, 15) is 0 Å². The molecule has 0 aliphatic heterocycles. The molecule has 0 spiro atoms. The molecule has 0 bridgehead atoms. The Morgan fingerprint density at radius 3 is 2.62 bits per heavy atom. The van der Waals surface area contributed by atoms with E-state index in [-0.39, 0.29) is 0 Å². The van der Waals surface area contributed by atoms with E-state index in [1.54, 1.807) is 0 Å². The third-order valence-electron chi connectivity index (χ3n) is 3.37. The van der Waals surface area contributed by atoms with Crippen LogP contribution < -0.4 is 10.2 Å². The van der Waals surface area contributed by atoms with Crippen LogP contribution in [0, 0.1) is 13.8 Å². The third kappa shape index (κ3) is 4.33. The Morgan fingerprint density at radius 1 is 1.29 bits per heavy atom. The zero-order valence-electron chi connectivity index (χ0n) is 13.6. The minimum absolute atomic E-state index is 0.481. The van der Waals surface area contributed by atoms with Gasteiger partial charge in [-0.2, -0.15) is 0 Å². The van der Waals surface area contributed by atoms with Gasteiger partial charge >= 0.3 is 0 Å². The Kier molecular flexibility index (Phi) is 5.02. The van der Waals surface area contributed by atoms with E-state index in [0.717, 1.165) is 30.4 Å². The summed E-state index contributed by atoms with van der Waals surface area (Å²) >= 11 is 0. The lowest BCUT2D eigenvalue weighted by Crippen LogP contribution is -2.22. The summed E-state index contributed by atoms with van der Waals surface area (Å²) in [6.07, 6.45) is 1.95. The Balaban J connectivity index is 2.05. The highest BCUT2D eigenvalue weighted by atomic mass is 16.3. The van der Waals surface area contributed by atoms with Gasteiger partial charge in [0.1, 0.15) is 17.3 Å². The second-order valence-electron chi connectivity index (χ2n) is 5.89. The van der Waals surface area contributed by atoms with Crippen LogP contribution in [-0.2, 0) is 13.1 Å². The Morgan fingerprint density at radius 2 is 2.05 bits per heavy atom. The molecule has 0 radical (unpaired) electrons. The van der Waals surface area contributed by atoms with Crippen LogP contribution in [0.4, 0.5) is 5.82 Å². The molecular formula is C17H25N3O. The van der Waals surface area contributed by atoms with E-state index < -0.39 is 0 Å². The molecule has 0 aromatic carbocycles. The zero-order chi connectivity index (χ0) is 15.4. The van der Waals surface area contributed by atoms with Crippen molar-refractivity contribution in [2.45, 2.75) is 46.8 Å². The summed E-state index contributed by atoms with van der Waals surface area (Å²) in [6, 6.07) is 6.68. The van der Waals surface area contributed by atoms with E-state index in [1.807, 2.05) is 32.3 Å². The minimum Gasteiger partial charge on any atom is -0.464 e. The van der Waals surface area contributed by atoms with E-state index in [0.29, 0.717) is 6.04 Å². The van der Waals surface area contributed by atoms with Gasteiger partial charge in [-0.1, -0.05) is 13.8 Å². The molecule has 0 atom stereocenters. The molecule has 2 aromatic heterocycles. The lowest BCUT2D eigenvalue weighted by atomic mass is 10.2. The second kappa shape index (κ2) is 6.76. The molecule has 0 saturated carbocycles. The summed E-state index contributed by atoms with van der Waals surface area (Å²) in [5.41, 5.74) is 2.40. The number of rotatable bonds is 6. The highest BCUT2D eigenvalue weighted by molar-refractivity contribution is 5.46. The molecule has 4 nitrogen and oxygen atoms in total. The van der Waals surface area contributed by atoms with Crippen LogP contribution in [-0.4, -0.2) is 18.1 Å². The van der Waals surface area contributed by atoms with Crippen LogP contribution >= 0.6 is 0 Å². The van der Waals surface area contributed by atoms with Crippen LogP contribution in [0.1, 0.15) is 36.5 Å². The van der Waals surface area contributed by atoms with Gasteiger partial charge in [0, 0.05) is 25.8 Å². The average Bonchev–Trinajstić information content (AvgIpc) is 2.81. The Hall–Kier alpha value is -1.81. The molecule has 2 rings (SSSR count). The van der Waals surface area contributed by atoms with Gasteiger partial charge in [-0.25, -0.2) is 4.98 Å². The number of aromatic nitrogens is 1. The standard InChI is InChI=1S/C17H25N3O/c1-12(2)18-9-15-8-13(3)17(19-10-15)20(5)11-16-7-6-14(4)21-16/h6-8,10,12,18H,9,11H2,1-5H3. The fourth-order valence-electron chi connectivity index (χ4n) is 2.32. The van der Waals surface area contributed by atoms with Crippen molar-refractivity contribution < 1.29 is 4.42 Å². The van der Waals surface area contributed by atoms with E-state index >= 15 is 0 Å². The molecule has 114 valence electrons. The number of nitrogens with one attached hydrogen (secondary N) is 1. The zero-order valence-corrected chi connectivity index (χ0v) is 13.6. The van der Waals surface area contributed by atoms with E-state index in [1.165, 1.54) is 11.1 Å². The molecule has 21 heavy (non-hydrogen) atoms. The van der Waals surface area contributed by atoms with Crippen LogP contribution in [0.25, 0.3) is 0 Å². The fraction of sp³-hybridized carbons (Fsp3) is 0.471. The summed E-state index contributed by atoms with van der Waals surface area (Å²) < 4.78 is 5.62. The SMILES string of the molecule is Cc1ccc(CN(C)c2ncc(CNC(C)C)cc2C)o1. The average molecular weight is 287 g/mol. The van der Waals surface area contributed by atoms with Gasteiger partial charge in [-0.3, -0.25) is 0 Å². The molecule has 0 saturated heterocycles. The predicted molar refractivity (Wildman–Crippen MR) is 86.5 cm³/mol. The summed E-state index contributed by atoms with van der Waals surface area (Å²) in [6.45, 7) is 9.94. The van der Waals surface area contributed by atoms with Crippen molar-refractivity contribution in [3.63, 3.8) is 0 Å². The summed E-state index contributed by atoms with van der Waals surface area (Å²) in [7, 11) is 2.04.